The third kappa shape index (κ3) is 3.04. The average molecular weight is 372 g/mol. The van der Waals surface area contributed by atoms with Crippen molar-refractivity contribution in [1.82, 2.24) is 4.57 Å². The van der Waals surface area contributed by atoms with Crippen LogP contribution in [-0.4, -0.2) is 15.4 Å². The van der Waals surface area contributed by atoms with E-state index in [1.165, 1.54) is 6.07 Å². The minimum absolute atomic E-state index is 0.127. The number of rotatable bonds is 4. The molecule has 0 fully saturated rings. The number of fused-ring (bicyclic) bond motifs is 1. The lowest BCUT2D eigenvalue weighted by Crippen LogP contribution is -2.18. The predicted octanol–water partition coefficient (Wildman–Crippen LogP) is 5.09. The molecule has 0 radical (unpaired) electrons. The number of nitrogens with one attached hydrogen (secondary N) is 1. The van der Waals surface area contributed by atoms with Crippen LogP contribution in [-0.2, 0) is 6.54 Å². The summed E-state index contributed by atoms with van der Waals surface area (Å²) in [4.78, 5) is 23.7. The number of anilines is 1. The molecule has 0 bridgehead atoms. The van der Waals surface area contributed by atoms with Gasteiger partial charge in [0, 0.05) is 28.5 Å². The molecule has 1 aromatic heterocycles. The van der Waals surface area contributed by atoms with Gasteiger partial charge in [-0.3, -0.25) is 14.9 Å². The molecule has 7 heteroatoms. The number of hydrogen-bond acceptors (Lipinski definition) is 3. The molecule has 0 aliphatic carbocycles. The zero-order valence-electron chi connectivity index (χ0n) is 14.7. The van der Waals surface area contributed by atoms with Crippen molar-refractivity contribution in [1.29, 1.82) is 0 Å². The molecule has 3 aromatic rings. The van der Waals surface area contributed by atoms with Crippen LogP contribution in [0.25, 0.3) is 10.9 Å². The van der Waals surface area contributed by atoms with E-state index in [4.69, 9.17) is 11.6 Å². The van der Waals surface area contributed by atoms with Crippen LogP contribution in [0, 0.1) is 24.0 Å². The first-order valence-electron chi connectivity index (χ1n) is 8.18. The Morgan fingerprint density at radius 3 is 2.62 bits per heavy atom. The molecule has 0 spiro atoms. The van der Waals surface area contributed by atoms with Crippen molar-refractivity contribution in [3.8, 4) is 0 Å². The number of nitro benzene ring substituents is 1. The molecule has 0 saturated heterocycles. The van der Waals surface area contributed by atoms with Gasteiger partial charge in [-0.05, 0) is 56.2 Å². The van der Waals surface area contributed by atoms with Gasteiger partial charge in [-0.25, -0.2) is 0 Å². The predicted molar refractivity (Wildman–Crippen MR) is 103 cm³/mol. The molecular formula is C19H18ClN3O3. The zero-order valence-corrected chi connectivity index (χ0v) is 15.4. The van der Waals surface area contributed by atoms with E-state index in [2.05, 4.69) is 5.32 Å². The van der Waals surface area contributed by atoms with E-state index in [-0.39, 0.29) is 17.3 Å². The minimum Gasteiger partial charge on any atom is -0.337 e. The number of hydrogen-bond donors (Lipinski definition) is 1. The Hall–Kier alpha value is -2.86. The molecule has 0 saturated carbocycles. The minimum atomic E-state index is -0.495. The summed E-state index contributed by atoms with van der Waals surface area (Å²) in [5.74, 6) is -0.386. The second-order valence-corrected chi connectivity index (χ2v) is 6.55. The first-order chi connectivity index (χ1) is 12.3. The number of nitrogens with zero attached hydrogens (tertiary/aromatic N) is 2. The van der Waals surface area contributed by atoms with E-state index < -0.39 is 4.92 Å². The Balaban J connectivity index is 2.09. The second-order valence-electron chi connectivity index (χ2n) is 6.11. The number of halogens is 1. The van der Waals surface area contributed by atoms with Crippen LogP contribution in [0.2, 0.25) is 5.02 Å². The average Bonchev–Trinajstić information content (AvgIpc) is 2.88. The topological polar surface area (TPSA) is 77.2 Å². The fraction of sp³-hybridized carbons (Fsp3) is 0.211. The van der Waals surface area contributed by atoms with E-state index in [9.17, 15) is 14.9 Å². The largest absolute Gasteiger partial charge is 0.337 e. The maximum atomic E-state index is 12.9. The number of aromatic nitrogens is 1. The summed E-state index contributed by atoms with van der Waals surface area (Å²) < 4.78 is 1.89. The van der Waals surface area contributed by atoms with Crippen molar-refractivity contribution in [3.05, 3.63) is 68.4 Å². The smallest absolute Gasteiger partial charge is 0.293 e. The van der Waals surface area contributed by atoms with Gasteiger partial charge in [0.1, 0.15) is 11.4 Å². The van der Waals surface area contributed by atoms with Crippen molar-refractivity contribution in [2.75, 3.05) is 5.32 Å². The van der Waals surface area contributed by atoms with Crippen molar-refractivity contribution in [2.24, 2.45) is 0 Å². The van der Waals surface area contributed by atoms with Crippen molar-refractivity contribution in [2.45, 2.75) is 27.3 Å². The molecule has 2 aromatic carbocycles. The Bertz CT molecular complexity index is 1040. The van der Waals surface area contributed by atoms with Gasteiger partial charge in [0.2, 0.25) is 0 Å². The van der Waals surface area contributed by atoms with Gasteiger partial charge in [0.15, 0.2) is 0 Å². The number of amides is 1. The summed E-state index contributed by atoms with van der Waals surface area (Å²) in [6.45, 7) is 6.15. The summed E-state index contributed by atoms with van der Waals surface area (Å²) in [6.07, 6.45) is 0. The molecule has 1 heterocycles. The first-order valence-corrected chi connectivity index (χ1v) is 8.56. The zero-order chi connectivity index (χ0) is 19.0. The lowest BCUT2D eigenvalue weighted by molar-refractivity contribution is -0.384. The van der Waals surface area contributed by atoms with Crippen LogP contribution in [0.3, 0.4) is 0 Å². The third-order valence-corrected chi connectivity index (χ3v) is 4.64. The molecule has 134 valence electrons. The molecule has 0 atom stereocenters. The van der Waals surface area contributed by atoms with Gasteiger partial charge in [-0.2, -0.15) is 0 Å². The Morgan fingerprint density at radius 1 is 1.23 bits per heavy atom. The first kappa shape index (κ1) is 17.9. The Morgan fingerprint density at radius 2 is 1.96 bits per heavy atom. The summed E-state index contributed by atoms with van der Waals surface area (Å²) in [5, 5.41) is 15.5. The second kappa shape index (κ2) is 6.80. The lowest BCUT2D eigenvalue weighted by atomic mass is 10.1. The van der Waals surface area contributed by atoms with Gasteiger partial charge in [-0.15, -0.1) is 0 Å². The number of carbonyl (C=O) groups is 1. The van der Waals surface area contributed by atoms with Crippen LogP contribution < -0.4 is 5.32 Å². The molecule has 6 nitrogen and oxygen atoms in total. The van der Waals surface area contributed by atoms with Crippen molar-refractivity contribution >= 4 is 39.8 Å². The highest BCUT2D eigenvalue weighted by molar-refractivity contribution is 6.31. The highest BCUT2D eigenvalue weighted by atomic mass is 35.5. The van der Waals surface area contributed by atoms with Crippen molar-refractivity contribution < 1.29 is 9.72 Å². The molecular weight excluding hydrogens is 354 g/mol. The maximum Gasteiger partial charge on any atom is 0.293 e. The summed E-state index contributed by atoms with van der Waals surface area (Å²) in [5.41, 5.74) is 2.96. The maximum absolute atomic E-state index is 12.9. The van der Waals surface area contributed by atoms with E-state index in [0.717, 1.165) is 22.0 Å². The SMILES string of the molecule is CCn1c(C(=O)Nc2ccc(C)cc2[N+](=O)[O-])c(C)c2cc(Cl)ccc21. The summed E-state index contributed by atoms with van der Waals surface area (Å²) in [6, 6.07) is 10.2. The van der Waals surface area contributed by atoms with Gasteiger partial charge >= 0.3 is 0 Å². The third-order valence-electron chi connectivity index (χ3n) is 4.41. The molecule has 0 unspecified atom stereocenters. The number of nitro groups is 1. The summed E-state index contributed by atoms with van der Waals surface area (Å²) >= 11 is 6.09. The van der Waals surface area contributed by atoms with Crippen LogP contribution in [0.4, 0.5) is 11.4 Å². The normalized spacial score (nSPS) is 10.9. The van der Waals surface area contributed by atoms with E-state index >= 15 is 0 Å². The molecule has 1 N–H and O–H groups in total. The van der Waals surface area contributed by atoms with Crippen molar-refractivity contribution in [3.63, 3.8) is 0 Å². The Kier molecular flexibility index (Phi) is 4.70. The van der Waals surface area contributed by atoms with Crippen LogP contribution in [0.1, 0.15) is 28.5 Å². The summed E-state index contributed by atoms with van der Waals surface area (Å²) in [7, 11) is 0. The standard InChI is InChI=1S/C19H18ClN3O3/c1-4-22-16-8-6-13(20)10-14(16)12(3)18(22)19(24)21-15-7-5-11(2)9-17(15)23(25)26/h5-10H,4H2,1-3H3,(H,21,24). The molecule has 0 aliphatic rings. The fourth-order valence-electron chi connectivity index (χ4n) is 3.20. The molecule has 0 aliphatic heterocycles. The highest BCUT2D eigenvalue weighted by Crippen LogP contribution is 2.30. The molecule has 26 heavy (non-hydrogen) atoms. The number of benzene rings is 2. The van der Waals surface area contributed by atoms with E-state index in [1.807, 2.05) is 30.5 Å². The van der Waals surface area contributed by atoms with Crippen LogP contribution in [0.15, 0.2) is 36.4 Å². The quantitative estimate of drug-likeness (QED) is 0.512. The van der Waals surface area contributed by atoms with Gasteiger partial charge < -0.3 is 9.88 Å². The van der Waals surface area contributed by atoms with Gasteiger partial charge in [0.05, 0.1) is 4.92 Å². The number of carbonyl (C=O) groups excluding carboxylic acids is 1. The lowest BCUT2D eigenvalue weighted by Gasteiger charge is -2.10. The van der Waals surface area contributed by atoms with Gasteiger partial charge in [-0.1, -0.05) is 17.7 Å². The van der Waals surface area contributed by atoms with Gasteiger partial charge in [0.25, 0.3) is 11.6 Å². The fourth-order valence-corrected chi connectivity index (χ4v) is 3.37. The number of aryl methyl sites for hydroxylation is 3. The van der Waals surface area contributed by atoms with E-state index in [1.54, 1.807) is 25.1 Å². The molecule has 3 rings (SSSR count). The van der Waals surface area contributed by atoms with Crippen LogP contribution in [0.5, 0.6) is 0 Å². The Labute approximate surface area is 155 Å². The molecule has 1 amide bonds. The highest BCUT2D eigenvalue weighted by Gasteiger charge is 2.22. The monoisotopic (exact) mass is 371 g/mol. The van der Waals surface area contributed by atoms with E-state index in [0.29, 0.717) is 17.3 Å². The van der Waals surface area contributed by atoms with Crippen LogP contribution >= 0.6 is 11.6 Å².